The van der Waals surface area contributed by atoms with Crippen LogP contribution in [0.3, 0.4) is 0 Å². The molecule has 1 heterocycles. The molecule has 1 aromatic heterocycles. The number of ether oxygens (including phenoxy) is 1. The molecular weight excluding hydrogens is 242 g/mol. The van der Waals surface area contributed by atoms with Crippen LogP contribution >= 0.6 is 11.6 Å². The predicted molar refractivity (Wildman–Crippen MR) is 53.4 cm³/mol. The van der Waals surface area contributed by atoms with Crippen LogP contribution in [-0.2, 0) is 11.3 Å². The summed E-state index contributed by atoms with van der Waals surface area (Å²) in [6.07, 6.45) is -1.91. The van der Waals surface area contributed by atoms with Crippen LogP contribution in [-0.4, -0.2) is 18.1 Å². The highest BCUT2D eigenvalue weighted by molar-refractivity contribution is 6.34. The summed E-state index contributed by atoms with van der Waals surface area (Å²) in [5.41, 5.74) is 4.73. The Balaban J connectivity index is 3.40. The molecule has 0 aromatic carbocycles. The van der Waals surface area contributed by atoms with Crippen molar-refractivity contribution in [3.05, 3.63) is 28.0 Å². The zero-order chi connectivity index (χ0) is 12.3. The van der Waals surface area contributed by atoms with Gasteiger partial charge in [-0.3, -0.25) is 4.98 Å². The molecule has 1 rings (SSSR count). The molecule has 0 atom stereocenters. The van der Waals surface area contributed by atoms with Crippen molar-refractivity contribution >= 4 is 17.6 Å². The largest absolute Gasteiger partial charge is 0.465 e. The number of nitrogens with zero attached hydrogens (tertiary/aromatic N) is 1. The van der Waals surface area contributed by atoms with Gasteiger partial charge in [-0.1, -0.05) is 11.6 Å². The maximum Gasteiger partial charge on any atom is 0.341 e. The number of esters is 1. The van der Waals surface area contributed by atoms with Crippen LogP contribution < -0.4 is 5.73 Å². The summed E-state index contributed by atoms with van der Waals surface area (Å²) in [5.74, 6) is -0.833. The van der Waals surface area contributed by atoms with Crippen molar-refractivity contribution in [1.82, 2.24) is 4.98 Å². The summed E-state index contributed by atoms with van der Waals surface area (Å²) in [5, 5.41) is -0.364. The highest BCUT2D eigenvalue weighted by Gasteiger charge is 2.23. The molecule has 1 aromatic rings. The molecule has 0 fully saturated rings. The Morgan fingerprint density at radius 1 is 1.69 bits per heavy atom. The first kappa shape index (κ1) is 12.8. The highest BCUT2D eigenvalue weighted by Crippen LogP contribution is 2.30. The van der Waals surface area contributed by atoms with Crippen LogP contribution in [0.4, 0.5) is 8.78 Å². The number of aromatic nitrogens is 1. The molecule has 0 aliphatic carbocycles. The second kappa shape index (κ2) is 5.18. The maximum atomic E-state index is 12.5. The number of pyridine rings is 1. The molecule has 0 saturated carbocycles. The van der Waals surface area contributed by atoms with E-state index in [2.05, 4.69) is 9.72 Å². The van der Waals surface area contributed by atoms with E-state index in [1.54, 1.807) is 0 Å². The lowest BCUT2D eigenvalue weighted by molar-refractivity contribution is 0.0598. The number of carbonyl (C=O) groups is 1. The summed E-state index contributed by atoms with van der Waals surface area (Å²) in [6.45, 7) is -0.0896. The van der Waals surface area contributed by atoms with Gasteiger partial charge in [0.1, 0.15) is 5.56 Å². The van der Waals surface area contributed by atoms with Crippen LogP contribution in [0.5, 0.6) is 0 Å². The van der Waals surface area contributed by atoms with Gasteiger partial charge in [-0.05, 0) is 0 Å². The maximum absolute atomic E-state index is 12.5. The second-order valence-corrected chi connectivity index (χ2v) is 3.22. The van der Waals surface area contributed by atoms with E-state index in [4.69, 9.17) is 17.3 Å². The van der Waals surface area contributed by atoms with Gasteiger partial charge < -0.3 is 10.5 Å². The van der Waals surface area contributed by atoms with E-state index in [1.807, 2.05) is 0 Å². The van der Waals surface area contributed by atoms with Gasteiger partial charge in [0.05, 0.1) is 23.4 Å². The second-order valence-electron chi connectivity index (χ2n) is 2.85. The van der Waals surface area contributed by atoms with Crippen molar-refractivity contribution in [2.24, 2.45) is 5.73 Å². The van der Waals surface area contributed by atoms with Crippen molar-refractivity contribution < 1.29 is 18.3 Å². The van der Waals surface area contributed by atoms with Crippen molar-refractivity contribution in [2.75, 3.05) is 7.11 Å². The summed E-state index contributed by atoms with van der Waals surface area (Å²) in [4.78, 5) is 15.0. The fourth-order valence-corrected chi connectivity index (χ4v) is 1.47. The van der Waals surface area contributed by atoms with Crippen molar-refractivity contribution in [1.29, 1.82) is 0 Å². The van der Waals surface area contributed by atoms with Crippen LogP contribution in [0.15, 0.2) is 6.20 Å². The van der Waals surface area contributed by atoms with Crippen LogP contribution in [0.25, 0.3) is 0 Å². The van der Waals surface area contributed by atoms with E-state index in [-0.39, 0.29) is 22.8 Å². The number of methoxy groups -OCH3 is 1. The molecule has 0 aliphatic rings. The number of alkyl halides is 2. The first-order valence-electron chi connectivity index (χ1n) is 4.26. The average molecular weight is 251 g/mol. The Labute approximate surface area is 95.4 Å². The lowest BCUT2D eigenvalue weighted by Gasteiger charge is -2.10. The van der Waals surface area contributed by atoms with Gasteiger partial charge in [-0.2, -0.15) is 0 Å². The van der Waals surface area contributed by atoms with Gasteiger partial charge in [0, 0.05) is 12.7 Å². The third kappa shape index (κ3) is 2.28. The topological polar surface area (TPSA) is 65.2 Å². The van der Waals surface area contributed by atoms with Gasteiger partial charge in [-0.15, -0.1) is 0 Å². The summed E-state index contributed by atoms with van der Waals surface area (Å²) < 4.78 is 29.4. The van der Waals surface area contributed by atoms with E-state index >= 15 is 0 Å². The third-order valence-corrected chi connectivity index (χ3v) is 2.35. The Morgan fingerprint density at radius 2 is 2.31 bits per heavy atom. The third-order valence-electron chi connectivity index (χ3n) is 1.94. The van der Waals surface area contributed by atoms with Crippen molar-refractivity contribution in [2.45, 2.75) is 13.0 Å². The number of hydrogen-bond donors (Lipinski definition) is 1. The van der Waals surface area contributed by atoms with Crippen molar-refractivity contribution in [3.63, 3.8) is 0 Å². The summed E-state index contributed by atoms with van der Waals surface area (Å²) in [7, 11) is 1.12. The summed E-state index contributed by atoms with van der Waals surface area (Å²) >= 11 is 5.68. The molecule has 0 unspecified atom stereocenters. The van der Waals surface area contributed by atoms with Gasteiger partial charge in [0.15, 0.2) is 0 Å². The predicted octanol–water partition coefficient (Wildman–Crippen LogP) is 1.92. The monoisotopic (exact) mass is 250 g/mol. The highest BCUT2D eigenvalue weighted by atomic mass is 35.5. The Hall–Kier alpha value is -1.27. The molecule has 0 saturated heterocycles. The Bertz CT molecular complexity index is 413. The Morgan fingerprint density at radius 3 is 2.75 bits per heavy atom. The molecule has 16 heavy (non-hydrogen) atoms. The number of halogens is 3. The average Bonchev–Trinajstić information content (AvgIpc) is 2.26. The molecular formula is C9H9ClF2N2O2. The minimum absolute atomic E-state index is 0.0896. The molecule has 7 heteroatoms. The molecule has 88 valence electrons. The molecule has 0 amide bonds. The zero-order valence-corrected chi connectivity index (χ0v) is 9.09. The minimum Gasteiger partial charge on any atom is -0.465 e. The van der Waals surface area contributed by atoms with E-state index in [1.165, 1.54) is 0 Å². The normalized spacial score (nSPS) is 10.6. The van der Waals surface area contributed by atoms with E-state index in [0.717, 1.165) is 13.3 Å². The summed E-state index contributed by atoms with van der Waals surface area (Å²) in [6, 6.07) is 0. The van der Waals surface area contributed by atoms with Gasteiger partial charge in [-0.25, -0.2) is 13.6 Å². The lowest BCUT2D eigenvalue weighted by atomic mass is 10.1. The van der Waals surface area contributed by atoms with Crippen LogP contribution in [0.2, 0.25) is 5.02 Å². The van der Waals surface area contributed by atoms with Crippen molar-refractivity contribution in [3.8, 4) is 0 Å². The zero-order valence-electron chi connectivity index (χ0n) is 8.34. The fraction of sp³-hybridized carbons (Fsp3) is 0.333. The number of rotatable bonds is 3. The molecule has 0 radical (unpaired) electrons. The van der Waals surface area contributed by atoms with Gasteiger partial charge >= 0.3 is 5.97 Å². The SMILES string of the molecule is COC(=O)c1c(CN)ncc(C(F)F)c1Cl. The fourth-order valence-electron chi connectivity index (χ4n) is 1.16. The lowest BCUT2D eigenvalue weighted by Crippen LogP contribution is -2.13. The van der Waals surface area contributed by atoms with Gasteiger partial charge in [0.25, 0.3) is 6.43 Å². The number of hydrogen-bond acceptors (Lipinski definition) is 4. The molecule has 4 nitrogen and oxygen atoms in total. The molecule has 0 aliphatic heterocycles. The Kier molecular flexibility index (Phi) is 4.14. The standard InChI is InChI=1S/C9H9ClF2N2O2/c1-16-9(15)6-5(2-13)14-3-4(7(6)10)8(11)12/h3,8H,2,13H2,1H3. The first-order chi connectivity index (χ1) is 7.52. The number of carbonyl (C=O) groups excluding carboxylic acids is 1. The minimum atomic E-state index is -2.81. The smallest absolute Gasteiger partial charge is 0.341 e. The van der Waals surface area contributed by atoms with Crippen LogP contribution in [0, 0.1) is 0 Å². The van der Waals surface area contributed by atoms with E-state index in [0.29, 0.717) is 0 Å². The molecule has 2 N–H and O–H groups in total. The number of nitrogens with two attached hydrogens (primary N) is 1. The van der Waals surface area contributed by atoms with E-state index < -0.39 is 18.0 Å². The molecule has 0 bridgehead atoms. The van der Waals surface area contributed by atoms with E-state index in [9.17, 15) is 13.6 Å². The van der Waals surface area contributed by atoms with Gasteiger partial charge in [0.2, 0.25) is 0 Å². The quantitative estimate of drug-likeness (QED) is 0.833. The molecule has 0 spiro atoms. The first-order valence-corrected chi connectivity index (χ1v) is 4.64. The van der Waals surface area contributed by atoms with Crippen LogP contribution in [0.1, 0.15) is 28.0 Å².